The number of hydrogen-bond acceptors (Lipinski definition) is 6. The molecule has 3 saturated carbocycles. The zero-order valence-corrected chi connectivity index (χ0v) is 32.1. The zero-order chi connectivity index (χ0) is 37.0. The van der Waals surface area contributed by atoms with Gasteiger partial charge in [0.15, 0.2) is 5.82 Å². The Morgan fingerprint density at radius 1 is 1.07 bits per heavy atom. The number of likely N-dealkylation sites (tertiary alicyclic amines) is 1. The van der Waals surface area contributed by atoms with E-state index in [1.807, 2.05) is 13.0 Å². The van der Waals surface area contributed by atoms with Crippen LogP contribution in [0.25, 0.3) is 32.9 Å². The highest BCUT2D eigenvalue weighted by molar-refractivity contribution is 6.43. The van der Waals surface area contributed by atoms with Crippen LogP contribution in [-0.2, 0) is 11.2 Å². The van der Waals surface area contributed by atoms with Gasteiger partial charge in [-0.15, -0.1) is 5.10 Å². The second-order valence-electron chi connectivity index (χ2n) is 16.4. The van der Waals surface area contributed by atoms with Crippen molar-refractivity contribution < 1.29 is 9.18 Å². The smallest absolute Gasteiger partial charge is 0.226 e. The van der Waals surface area contributed by atoms with Crippen LogP contribution < -0.4 is 5.32 Å². The monoisotopic (exact) mass is 764 g/mol. The first-order valence-corrected chi connectivity index (χ1v) is 20.4. The van der Waals surface area contributed by atoms with Crippen molar-refractivity contribution in [1.82, 2.24) is 34.8 Å². The number of carbonyl (C=O) groups is 1. The molecular weight excluding hydrogens is 722 g/mol. The number of rotatable bonds is 8. The van der Waals surface area contributed by atoms with Gasteiger partial charge in [-0.05, 0) is 88.5 Å². The standard InChI is InChI=1S/C42H43Cl2FN8O/c1-21-29-18-34(33-17-27(20-51(33)42(54)24-12-13-24)53-39(22(2)49-50-53)23-7-3-4-8-23)52(40-26-16-32(40)47-19-26)41(29)30-15-25(9-6-14-46)35(37(45)38(30)48-21)28-10-5-11-31(43)36(28)44/h5,10-11,15,18,23-24,26-27,32-33,40,47H,3-4,6-9,12-13,16-17,19-20H2,1-2H3. The Balaban J connectivity index is 1.19. The summed E-state index contributed by atoms with van der Waals surface area (Å²) in [7, 11) is 0. The SMILES string of the molecule is Cc1nnn(C2CC(c3cc4c(C)nc5c(F)c(-c6cccc(Cl)c6Cl)c(CCC#N)cc5c4n3C3C4CNC3C4)N(C(=O)C3CC3)C2)c1C1CCCC1. The molecule has 5 unspecified atom stereocenters. The average molecular weight is 766 g/mol. The molecule has 0 radical (unpaired) electrons. The van der Waals surface area contributed by atoms with Crippen LogP contribution in [0.5, 0.6) is 0 Å². The third-order valence-corrected chi connectivity index (χ3v) is 14.1. The van der Waals surface area contributed by atoms with Gasteiger partial charge in [-0.25, -0.2) is 14.1 Å². The van der Waals surface area contributed by atoms with Gasteiger partial charge in [-0.1, -0.05) is 53.4 Å². The molecule has 2 bridgehead atoms. The molecule has 12 heteroatoms. The number of amides is 1. The Kier molecular flexibility index (Phi) is 8.31. The second kappa shape index (κ2) is 13.0. The molecule has 54 heavy (non-hydrogen) atoms. The van der Waals surface area contributed by atoms with E-state index in [1.54, 1.807) is 18.2 Å². The molecule has 6 heterocycles. The van der Waals surface area contributed by atoms with Crippen LogP contribution in [0.15, 0.2) is 30.3 Å². The van der Waals surface area contributed by atoms with Crippen molar-refractivity contribution in [2.75, 3.05) is 13.1 Å². The van der Waals surface area contributed by atoms with Crippen molar-refractivity contribution in [2.45, 2.75) is 108 Å². The van der Waals surface area contributed by atoms with Crippen molar-refractivity contribution in [2.24, 2.45) is 11.8 Å². The molecule has 9 nitrogen and oxygen atoms in total. The van der Waals surface area contributed by atoms with Gasteiger partial charge < -0.3 is 14.8 Å². The third-order valence-electron chi connectivity index (χ3n) is 13.3. The Bertz CT molecular complexity index is 2390. The summed E-state index contributed by atoms with van der Waals surface area (Å²) in [5, 5.41) is 25.0. The molecule has 3 aliphatic carbocycles. The van der Waals surface area contributed by atoms with E-state index in [2.05, 4.69) is 43.6 Å². The van der Waals surface area contributed by atoms with Gasteiger partial charge in [-0.3, -0.25) is 4.79 Å². The van der Waals surface area contributed by atoms with E-state index in [4.69, 9.17) is 33.4 Å². The summed E-state index contributed by atoms with van der Waals surface area (Å²) in [6.45, 7) is 5.55. The highest BCUT2D eigenvalue weighted by Crippen LogP contribution is 2.52. The summed E-state index contributed by atoms with van der Waals surface area (Å²) in [6.07, 6.45) is 8.99. The van der Waals surface area contributed by atoms with E-state index < -0.39 is 5.82 Å². The Hall–Kier alpha value is -4.04. The minimum atomic E-state index is -0.467. The Morgan fingerprint density at radius 3 is 2.61 bits per heavy atom. The van der Waals surface area contributed by atoms with Gasteiger partial charge in [0.05, 0.1) is 51.1 Å². The van der Waals surface area contributed by atoms with Crippen molar-refractivity contribution in [3.05, 3.63) is 74.5 Å². The first-order chi connectivity index (χ1) is 26.2. The molecule has 3 saturated heterocycles. The molecule has 278 valence electrons. The molecule has 5 aromatic rings. The lowest BCUT2D eigenvalue weighted by Gasteiger charge is -2.39. The van der Waals surface area contributed by atoms with E-state index in [-0.39, 0.29) is 53.0 Å². The van der Waals surface area contributed by atoms with E-state index in [0.717, 1.165) is 73.1 Å². The molecule has 11 rings (SSSR count). The molecule has 0 spiro atoms. The molecule has 6 aliphatic rings. The molecule has 2 aromatic carbocycles. The number of halogens is 3. The number of aryl methyl sites for hydroxylation is 3. The maximum Gasteiger partial charge on any atom is 0.226 e. The van der Waals surface area contributed by atoms with E-state index >= 15 is 4.39 Å². The summed E-state index contributed by atoms with van der Waals surface area (Å²) in [5.41, 5.74) is 6.78. The molecule has 1 amide bonds. The molecule has 3 aliphatic heterocycles. The minimum Gasteiger partial charge on any atom is -0.337 e. The third kappa shape index (κ3) is 5.25. The Labute approximate surface area is 323 Å². The largest absolute Gasteiger partial charge is 0.337 e. The fourth-order valence-corrected chi connectivity index (χ4v) is 10.9. The summed E-state index contributed by atoms with van der Waals surface area (Å²) in [5.74, 6) is 0.700. The number of fused-ring (bicyclic) bond motifs is 4. The van der Waals surface area contributed by atoms with Gasteiger partial charge in [0.25, 0.3) is 0 Å². The molecular formula is C42H43Cl2FN8O. The summed E-state index contributed by atoms with van der Waals surface area (Å²) < 4.78 is 21.9. The summed E-state index contributed by atoms with van der Waals surface area (Å²) in [6, 6.07) is 12.0. The first-order valence-electron chi connectivity index (χ1n) is 19.7. The predicted octanol–water partition coefficient (Wildman–Crippen LogP) is 9.08. The summed E-state index contributed by atoms with van der Waals surface area (Å²) >= 11 is 13.2. The van der Waals surface area contributed by atoms with E-state index in [0.29, 0.717) is 51.9 Å². The maximum absolute atomic E-state index is 17.3. The van der Waals surface area contributed by atoms with Crippen molar-refractivity contribution in [3.8, 4) is 17.2 Å². The number of aromatic nitrogens is 5. The van der Waals surface area contributed by atoms with Gasteiger partial charge in [-0.2, -0.15) is 5.26 Å². The van der Waals surface area contributed by atoms with Crippen LogP contribution in [0.1, 0.15) is 110 Å². The number of benzene rings is 2. The molecule has 6 fully saturated rings. The van der Waals surface area contributed by atoms with Crippen molar-refractivity contribution in [1.29, 1.82) is 5.26 Å². The number of nitrogens with one attached hydrogen (secondary N) is 1. The number of carbonyl (C=O) groups excluding carboxylic acids is 1. The lowest BCUT2D eigenvalue weighted by atomic mass is 9.79. The van der Waals surface area contributed by atoms with Gasteiger partial charge in [0.2, 0.25) is 5.91 Å². The number of pyridine rings is 1. The van der Waals surface area contributed by atoms with Crippen LogP contribution in [0.4, 0.5) is 4.39 Å². The lowest BCUT2D eigenvalue weighted by molar-refractivity contribution is -0.133. The number of nitriles is 1. The van der Waals surface area contributed by atoms with Crippen LogP contribution in [0.2, 0.25) is 10.0 Å². The summed E-state index contributed by atoms with van der Waals surface area (Å²) in [4.78, 5) is 21.4. The quantitative estimate of drug-likeness (QED) is 0.169. The van der Waals surface area contributed by atoms with Crippen LogP contribution in [0.3, 0.4) is 0 Å². The first kappa shape index (κ1) is 34.5. The maximum atomic E-state index is 17.3. The number of hydrogen-bond donors (Lipinski definition) is 1. The fraction of sp³-hybridized carbons (Fsp3) is 0.500. The second-order valence-corrected chi connectivity index (χ2v) is 17.2. The van der Waals surface area contributed by atoms with Crippen LogP contribution in [0, 0.1) is 42.8 Å². The Morgan fingerprint density at radius 2 is 1.89 bits per heavy atom. The van der Waals surface area contributed by atoms with Gasteiger partial charge >= 0.3 is 0 Å². The average Bonchev–Trinajstić information content (AvgIpc) is 3.80. The molecule has 3 aromatic heterocycles. The zero-order valence-electron chi connectivity index (χ0n) is 30.6. The van der Waals surface area contributed by atoms with Gasteiger partial charge in [0, 0.05) is 70.7 Å². The van der Waals surface area contributed by atoms with Gasteiger partial charge in [0.1, 0.15) is 5.52 Å². The highest BCUT2D eigenvalue weighted by atomic mass is 35.5. The van der Waals surface area contributed by atoms with E-state index in [1.165, 1.54) is 18.5 Å². The highest BCUT2D eigenvalue weighted by Gasteiger charge is 2.51. The predicted molar refractivity (Wildman–Crippen MR) is 207 cm³/mol. The minimum absolute atomic E-state index is 0.00759. The van der Waals surface area contributed by atoms with Crippen LogP contribution >= 0.6 is 23.2 Å². The molecule has 1 N–H and O–H groups in total. The molecule has 5 atom stereocenters. The topological polar surface area (TPSA) is 105 Å². The lowest BCUT2D eigenvalue weighted by Crippen LogP contribution is -2.41. The van der Waals surface area contributed by atoms with Crippen LogP contribution in [-0.4, -0.2) is 54.5 Å². The van der Waals surface area contributed by atoms with Crippen molar-refractivity contribution in [3.63, 3.8) is 0 Å². The fourth-order valence-electron chi connectivity index (χ4n) is 10.5. The van der Waals surface area contributed by atoms with Crippen molar-refractivity contribution >= 4 is 50.9 Å². The normalized spacial score (nSPS) is 25.3. The van der Waals surface area contributed by atoms with E-state index in [9.17, 15) is 10.1 Å². The number of nitrogens with zero attached hydrogens (tertiary/aromatic N) is 7.